The molecule has 20 heavy (non-hydrogen) atoms. The molecule has 2 aromatic rings. The number of carbonyl (C=O) groups excluding carboxylic acids is 1. The first-order valence-electron chi connectivity index (χ1n) is 5.24. The van der Waals surface area contributed by atoms with E-state index in [4.69, 9.17) is 16.3 Å². The van der Waals surface area contributed by atoms with Gasteiger partial charge < -0.3 is 4.74 Å². The summed E-state index contributed by atoms with van der Waals surface area (Å²) in [7, 11) is 0. The van der Waals surface area contributed by atoms with Gasteiger partial charge in [0.25, 0.3) is 5.69 Å². The number of aromatic nitrogens is 1. The fourth-order valence-corrected chi connectivity index (χ4v) is 1.92. The lowest BCUT2D eigenvalue weighted by atomic mass is 10.2. The van der Waals surface area contributed by atoms with Crippen LogP contribution in [0.25, 0.3) is 0 Å². The summed E-state index contributed by atoms with van der Waals surface area (Å²) in [4.78, 5) is 24.6. The number of carbonyl (C=O) groups is 1. The Morgan fingerprint density at radius 2 is 2.15 bits per heavy atom. The van der Waals surface area contributed by atoms with E-state index in [1.165, 1.54) is 6.07 Å². The average Bonchev–Trinajstić information content (AvgIpc) is 2.42. The van der Waals surface area contributed by atoms with Crippen LogP contribution in [0.1, 0.15) is 10.4 Å². The van der Waals surface area contributed by atoms with Crippen LogP contribution in [0.2, 0.25) is 5.02 Å². The Morgan fingerprint density at radius 3 is 2.75 bits per heavy atom. The molecule has 0 spiro atoms. The molecule has 0 unspecified atom stereocenters. The molecule has 0 aliphatic rings. The van der Waals surface area contributed by atoms with E-state index in [9.17, 15) is 14.9 Å². The van der Waals surface area contributed by atoms with Crippen LogP contribution in [0.3, 0.4) is 0 Å². The minimum absolute atomic E-state index is 0.00905. The van der Waals surface area contributed by atoms with Gasteiger partial charge in [-0.3, -0.25) is 14.9 Å². The van der Waals surface area contributed by atoms with Gasteiger partial charge in [0.15, 0.2) is 6.29 Å². The number of hydrogen-bond donors (Lipinski definition) is 0. The number of halogens is 2. The van der Waals surface area contributed by atoms with Gasteiger partial charge in [0.1, 0.15) is 17.0 Å². The molecule has 0 aliphatic carbocycles. The number of aldehydes is 1. The average molecular weight is 358 g/mol. The highest BCUT2D eigenvalue weighted by Crippen LogP contribution is 2.31. The zero-order chi connectivity index (χ0) is 14.7. The van der Waals surface area contributed by atoms with E-state index in [0.717, 1.165) is 12.3 Å². The Morgan fingerprint density at radius 1 is 1.40 bits per heavy atom. The third kappa shape index (κ3) is 3.12. The van der Waals surface area contributed by atoms with Crippen molar-refractivity contribution in [2.45, 2.75) is 0 Å². The summed E-state index contributed by atoms with van der Waals surface area (Å²) in [6, 6.07) is 5.88. The number of nitro groups is 1. The Bertz CT molecular complexity index is 693. The monoisotopic (exact) mass is 356 g/mol. The number of ether oxygens (including phenoxy) is 1. The normalized spacial score (nSPS) is 10.1. The van der Waals surface area contributed by atoms with Gasteiger partial charge in [0.05, 0.1) is 4.92 Å². The highest BCUT2D eigenvalue weighted by atomic mass is 79.9. The summed E-state index contributed by atoms with van der Waals surface area (Å²) in [5.74, 6) is 0.370. The lowest BCUT2D eigenvalue weighted by molar-refractivity contribution is -0.385. The summed E-state index contributed by atoms with van der Waals surface area (Å²) in [5, 5.41) is 10.6. The molecule has 0 radical (unpaired) electrons. The topological polar surface area (TPSA) is 82.3 Å². The van der Waals surface area contributed by atoms with E-state index in [-0.39, 0.29) is 16.6 Å². The molecule has 0 bridgehead atoms. The Balaban J connectivity index is 2.30. The molecule has 1 heterocycles. The van der Waals surface area contributed by atoms with Crippen molar-refractivity contribution < 1.29 is 14.5 Å². The van der Waals surface area contributed by atoms with Gasteiger partial charge in [0, 0.05) is 16.1 Å². The van der Waals surface area contributed by atoms with Gasteiger partial charge in [-0.05, 0) is 18.2 Å². The number of benzene rings is 1. The van der Waals surface area contributed by atoms with Crippen LogP contribution in [0.5, 0.6) is 11.6 Å². The van der Waals surface area contributed by atoms with Gasteiger partial charge in [-0.2, -0.15) is 0 Å². The van der Waals surface area contributed by atoms with Crippen molar-refractivity contribution in [3.8, 4) is 11.6 Å². The van der Waals surface area contributed by atoms with Crippen LogP contribution in [0.15, 0.2) is 34.9 Å². The number of hydrogen-bond acceptors (Lipinski definition) is 5. The lowest BCUT2D eigenvalue weighted by Gasteiger charge is -2.07. The van der Waals surface area contributed by atoms with Crippen molar-refractivity contribution in [2.75, 3.05) is 0 Å². The third-order valence-electron chi connectivity index (χ3n) is 2.31. The highest BCUT2D eigenvalue weighted by Gasteiger charge is 2.13. The Kier molecular flexibility index (Phi) is 4.31. The van der Waals surface area contributed by atoms with Gasteiger partial charge in [-0.1, -0.05) is 27.5 Å². The van der Waals surface area contributed by atoms with E-state index >= 15 is 0 Å². The van der Waals surface area contributed by atoms with Crippen LogP contribution in [0, 0.1) is 10.1 Å². The zero-order valence-electron chi connectivity index (χ0n) is 9.75. The van der Waals surface area contributed by atoms with Crippen molar-refractivity contribution >= 4 is 39.5 Å². The van der Waals surface area contributed by atoms with Gasteiger partial charge >= 0.3 is 0 Å². The van der Waals surface area contributed by atoms with Crippen LogP contribution in [-0.2, 0) is 0 Å². The second-order valence-corrected chi connectivity index (χ2v) is 4.90. The summed E-state index contributed by atoms with van der Waals surface area (Å²) in [6.07, 6.45) is 1.71. The summed E-state index contributed by atoms with van der Waals surface area (Å²) >= 11 is 9.07. The number of rotatable bonds is 4. The minimum atomic E-state index is -0.604. The van der Waals surface area contributed by atoms with E-state index < -0.39 is 4.92 Å². The summed E-state index contributed by atoms with van der Waals surface area (Å²) in [5.41, 5.74) is 0.173. The van der Waals surface area contributed by atoms with Crippen LogP contribution < -0.4 is 4.74 Å². The Labute approximate surface area is 126 Å². The molecule has 0 saturated carbocycles. The van der Waals surface area contributed by atoms with Crippen molar-refractivity contribution in [1.82, 2.24) is 4.98 Å². The first-order chi connectivity index (χ1) is 9.51. The molecule has 102 valence electrons. The quantitative estimate of drug-likeness (QED) is 0.469. The molecule has 6 nitrogen and oxygen atoms in total. The predicted octanol–water partition coefficient (Wildman–Crippen LogP) is 4.01. The fraction of sp³-hybridized carbons (Fsp3) is 0. The molecule has 1 aromatic carbocycles. The smallest absolute Gasteiger partial charge is 0.289 e. The molecule has 0 N–H and O–H groups in total. The first-order valence-corrected chi connectivity index (χ1v) is 6.41. The fourth-order valence-electron chi connectivity index (χ4n) is 1.38. The summed E-state index contributed by atoms with van der Waals surface area (Å²) in [6.45, 7) is 0. The maximum atomic E-state index is 10.8. The molecule has 0 saturated heterocycles. The SMILES string of the molecule is O=Cc1cc(Oc2ncc([N+](=O)[O-])cc2Cl)ccc1Br. The second kappa shape index (κ2) is 5.98. The van der Waals surface area contributed by atoms with Gasteiger partial charge in [-0.25, -0.2) is 4.98 Å². The van der Waals surface area contributed by atoms with E-state index in [2.05, 4.69) is 20.9 Å². The Hall–Kier alpha value is -1.99. The third-order valence-corrected chi connectivity index (χ3v) is 3.31. The van der Waals surface area contributed by atoms with Crippen LogP contribution >= 0.6 is 27.5 Å². The highest BCUT2D eigenvalue weighted by molar-refractivity contribution is 9.10. The van der Waals surface area contributed by atoms with Crippen molar-refractivity contribution in [1.29, 1.82) is 0 Å². The summed E-state index contributed by atoms with van der Waals surface area (Å²) < 4.78 is 6.02. The van der Waals surface area contributed by atoms with Crippen molar-refractivity contribution in [2.24, 2.45) is 0 Å². The second-order valence-electron chi connectivity index (χ2n) is 3.64. The van der Waals surface area contributed by atoms with Crippen molar-refractivity contribution in [3.63, 3.8) is 0 Å². The lowest BCUT2D eigenvalue weighted by Crippen LogP contribution is -1.94. The number of pyridine rings is 1. The van der Waals surface area contributed by atoms with E-state index in [0.29, 0.717) is 22.1 Å². The minimum Gasteiger partial charge on any atom is -0.438 e. The molecule has 0 fully saturated rings. The molecule has 1 aromatic heterocycles. The predicted molar refractivity (Wildman–Crippen MR) is 75.5 cm³/mol. The first kappa shape index (κ1) is 14.4. The van der Waals surface area contributed by atoms with Gasteiger partial charge in [-0.15, -0.1) is 0 Å². The number of nitrogens with zero attached hydrogens (tertiary/aromatic N) is 2. The molecule has 0 amide bonds. The molecule has 0 atom stereocenters. The largest absolute Gasteiger partial charge is 0.438 e. The molecule has 2 rings (SSSR count). The van der Waals surface area contributed by atoms with E-state index in [1.54, 1.807) is 12.1 Å². The van der Waals surface area contributed by atoms with Crippen LogP contribution in [-0.4, -0.2) is 16.2 Å². The standard InChI is InChI=1S/C12H6BrClN2O4/c13-10-2-1-9(3-7(10)6-17)20-12-11(14)4-8(5-15-12)16(18)19/h1-6H. The zero-order valence-corrected chi connectivity index (χ0v) is 12.1. The van der Waals surface area contributed by atoms with Crippen LogP contribution in [0.4, 0.5) is 5.69 Å². The van der Waals surface area contributed by atoms with Crippen molar-refractivity contribution in [3.05, 3.63) is 55.6 Å². The maximum absolute atomic E-state index is 10.8. The molecular formula is C12H6BrClN2O4. The molecule has 0 aliphatic heterocycles. The molecular weight excluding hydrogens is 351 g/mol. The maximum Gasteiger partial charge on any atom is 0.289 e. The molecule has 8 heteroatoms. The van der Waals surface area contributed by atoms with Gasteiger partial charge in [0.2, 0.25) is 5.88 Å². The van der Waals surface area contributed by atoms with E-state index in [1.807, 2.05) is 0 Å².